The van der Waals surface area contributed by atoms with Crippen LogP contribution < -0.4 is 0 Å². The van der Waals surface area contributed by atoms with Crippen molar-refractivity contribution in [2.45, 2.75) is 70.8 Å². The number of carbonyl (C=O) groups is 2. The maximum atomic E-state index is 11.8. The molecule has 0 saturated carbocycles. The minimum absolute atomic E-state index is 0.127. The Balaban J connectivity index is 3.94. The quantitative estimate of drug-likeness (QED) is 0.322. The van der Waals surface area contributed by atoms with Gasteiger partial charge in [-0.1, -0.05) is 45.4 Å². The first-order chi connectivity index (χ1) is 10.2. The van der Waals surface area contributed by atoms with E-state index in [2.05, 4.69) is 6.92 Å². The third-order valence-electron chi connectivity index (χ3n) is 3.44. The van der Waals surface area contributed by atoms with Crippen molar-refractivity contribution in [1.82, 2.24) is 0 Å². The Morgan fingerprint density at radius 3 is 2.05 bits per heavy atom. The van der Waals surface area contributed by atoms with Gasteiger partial charge in [0, 0.05) is 6.42 Å². The monoisotopic (exact) mass is 316 g/mol. The molecule has 0 bridgehead atoms. The summed E-state index contributed by atoms with van der Waals surface area (Å²) < 4.78 is 5.92. The Morgan fingerprint density at radius 2 is 1.55 bits per heavy atom. The zero-order valence-electron chi connectivity index (χ0n) is 14.8. The molecule has 0 heterocycles. The minimum Gasteiger partial charge on any atom is -0.481 e. The number of nitrogens with zero attached hydrogens (tertiary/aromatic N) is 1. The molecule has 0 aromatic heterocycles. The molecule has 0 amide bonds. The third-order valence-corrected chi connectivity index (χ3v) is 3.44. The summed E-state index contributed by atoms with van der Waals surface area (Å²) in [5, 5.41) is 8.91. The van der Waals surface area contributed by atoms with Crippen molar-refractivity contribution in [3.63, 3.8) is 0 Å². The van der Waals surface area contributed by atoms with E-state index in [1.165, 1.54) is 25.7 Å². The predicted molar refractivity (Wildman–Crippen MR) is 87.6 cm³/mol. The third kappa shape index (κ3) is 13.9. The van der Waals surface area contributed by atoms with E-state index in [1.807, 2.05) is 21.1 Å². The van der Waals surface area contributed by atoms with Gasteiger partial charge in [-0.2, -0.15) is 0 Å². The number of carboxylic acids is 1. The number of unbranched alkanes of at least 4 members (excludes halogenated alkanes) is 6. The van der Waals surface area contributed by atoms with Crippen molar-refractivity contribution < 1.29 is 23.9 Å². The first-order valence-electron chi connectivity index (χ1n) is 8.46. The zero-order chi connectivity index (χ0) is 17.0. The lowest BCUT2D eigenvalue weighted by Crippen LogP contribution is -2.43. The second-order valence-corrected chi connectivity index (χ2v) is 7.05. The van der Waals surface area contributed by atoms with Crippen molar-refractivity contribution >= 4 is 11.9 Å². The molecule has 0 spiro atoms. The van der Waals surface area contributed by atoms with Crippen molar-refractivity contribution in [1.29, 1.82) is 0 Å². The lowest BCUT2D eigenvalue weighted by molar-refractivity contribution is -0.873. The van der Waals surface area contributed by atoms with E-state index in [4.69, 9.17) is 9.84 Å². The maximum absolute atomic E-state index is 11.8. The molecule has 0 radical (unpaired) electrons. The number of ether oxygens (including phenoxy) is 1. The van der Waals surface area contributed by atoms with Gasteiger partial charge in [0.25, 0.3) is 0 Å². The molecule has 22 heavy (non-hydrogen) atoms. The lowest BCUT2D eigenvalue weighted by atomic mass is 10.1. The van der Waals surface area contributed by atoms with Gasteiger partial charge in [0.1, 0.15) is 6.54 Å². The number of carbonyl (C=O) groups excluding carboxylic acids is 1. The minimum atomic E-state index is -0.929. The normalized spacial score (nSPS) is 12.9. The fourth-order valence-corrected chi connectivity index (χ4v) is 2.42. The molecule has 0 aliphatic carbocycles. The van der Waals surface area contributed by atoms with Crippen molar-refractivity contribution in [2.24, 2.45) is 0 Å². The van der Waals surface area contributed by atoms with Crippen LogP contribution in [-0.4, -0.2) is 55.3 Å². The number of rotatable bonds is 13. The number of carboxylic acid groups (broad SMARTS) is 1. The Kier molecular flexibility index (Phi) is 10.9. The van der Waals surface area contributed by atoms with Crippen molar-refractivity contribution in [3.05, 3.63) is 0 Å². The summed E-state index contributed by atoms with van der Waals surface area (Å²) in [5.41, 5.74) is 0. The van der Waals surface area contributed by atoms with Crippen LogP contribution in [-0.2, 0) is 14.3 Å². The molecule has 0 aromatic rings. The van der Waals surface area contributed by atoms with Crippen LogP contribution >= 0.6 is 0 Å². The summed E-state index contributed by atoms with van der Waals surface area (Å²) in [6.45, 7) is 2.70. The molecule has 5 nitrogen and oxygen atoms in total. The average Bonchev–Trinajstić information content (AvgIpc) is 2.34. The molecule has 0 fully saturated rings. The van der Waals surface area contributed by atoms with E-state index < -0.39 is 12.1 Å². The molecule has 0 aromatic carbocycles. The summed E-state index contributed by atoms with van der Waals surface area (Å²) in [5.74, 6) is -1.20. The van der Waals surface area contributed by atoms with E-state index >= 15 is 0 Å². The van der Waals surface area contributed by atoms with Gasteiger partial charge in [-0.25, -0.2) is 0 Å². The standard InChI is InChI=1S/C17H33NO4/c1-5-6-7-8-9-10-11-12-17(21)22-15(13-16(19)20)14-18(2,3)4/h15H,5-14H2,1-4H3/p+1/t15-/m1/s1. The summed E-state index contributed by atoms with van der Waals surface area (Å²) >= 11 is 0. The highest BCUT2D eigenvalue weighted by atomic mass is 16.5. The Hall–Kier alpha value is -1.10. The van der Waals surface area contributed by atoms with Gasteiger partial charge in [0.05, 0.1) is 27.6 Å². The average molecular weight is 316 g/mol. The highest BCUT2D eigenvalue weighted by Crippen LogP contribution is 2.11. The Bertz CT molecular complexity index is 323. The van der Waals surface area contributed by atoms with Crippen LogP contribution in [0.3, 0.4) is 0 Å². The second-order valence-electron chi connectivity index (χ2n) is 7.05. The predicted octanol–water partition coefficient (Wildman–Crippen LogP) is 3.22. The largest absolute Gasteiger partial charge is 0.481 e. The molecule has 130 valence electrons. The molecule has 1 N–H and O–H groups in total. The van der Waals surface area contributed by atoms with Crippen LogP contribution in [0.4, 0.5) is 0 Å². The molecular weight excluding hydrogens is 282 g/mol. The van der Waals surface area contributed by atoms with Gasteiger partial charge in [-0.15, -0.1) is 0 Å². The molecule has 1 atom stereocenters. The van der Waals surface area contributed by atoms with Crippen LogP contribution in [0.25, 0.3) is 0 Å². The zero-order valence-corrected chi connectivity index (χ0v) is 14.8. The van der Waals surface area contributed by atoms with Crippen LogP contribution in [0.5, 0.6) is 0 Å². The van der Waals surface area contributed by atoms with Gasteiger partial charge in [-0.3, -0.25) is 9.59 Å². The highest BCUT2D eigenvalue weighted by molar-refractivity contribution is 5.71. The molecule has 0 unspecified atom stereocenters. The SMILES string of the molecule is CCCCCCCCCC(=O)O[C@H](CC(=O)O)C[N+](C)(C)C. The van der Waals surface area contributed by atoms with Crippen molar-refractivity contribution in [3.8, 4) is 0 Å². The van der Waals surface area contributed by atoms with E-state index in [1.54, 1.807) is 0 Å². The number of hydrogen-bond acceptors (Lipinski definition) is 3. The summed E-state index contributed by atoms with van der Waals surface area (Å²) in [6.07, 6.45) is 7.76. The first-order valence-corrected chi connectivity index (χ1v) is 8.46. The molecule has 0 saturated heterocycles. The number of quaternary nitrogens is 1. The Labute approximate surface area is 135 Å². The van der Waals surface area contributed by atoms with E-state index in [9.17, 15) is 9.59 Å². The summed E-state index contributed by atoms with van der Waals surface area (Å²) in [4.78, 5) is 22.7. The fourth-order valence-electron chi connectivity index (χ4n) is 2.42. The van der Waals surface area contributed by atoms with Crippen LogP contribution in [0.15, 0.2) is 0 Å². The van der Waals surface area contributed by atoms with Crippen LogP contribution in [0.2, 0.25) is 0 Å². The van der Waals surface area contributed by atoms with Gasteiger partial charge in [0.15, 0.2) is 6.10 Å². The first kappa shape index (κ1) is 20.9. The van der Waals surface area contributed by atoms with E-state index in [0.29, 0.717) is 17.4 Å². The Morgan fingerprint density at radius 1 is 1.00 bits per heavy atom. The number of aliphatic carboxylic acids is 1. The smallest absolute Gasteiger partial charge is 0.307 e. The summed E-state index contributed by atoms with van der Waals surface area (Å²) in [7, 11) is 5.87. The molecule has 5 heteroatoms. The van der Waals surface area contributed by atoms with Gasteiger partial charge < -0.3 is 14.3 Å². The van der Waals surface area contributed by atoms with E-state index in [-0.39, 0.29) is 12.4 Å². The second kappa shape index (κ2) is 11.5. The number of likely N-dealkylation sites (N-methyl/N-ethyl adjacent to an activating group) is 1. The van der Waals surface area contributed by atoms with Crippen LogP contribution in [0, 0.1) is 0 Å². The number of esters is 1. The van der Waals surface area contributed by atoms with E-state index in [0.717, 1.165) is 19.3 Å². The highest BCUT2D eigenvalue weighted by Gasteiger charge is 2.24. The topological polar surface area (TPSA) is 63.6 Å². The van der Waals surface area contributed by atoms with Gasteiger partial charge >= 0.3 is 11.9 Å². The molecule has 0 rings (SSSR count). The molecular formula is C17H34NO4+. The van der Waals surface area contributed by atoms with Crippen LogP contribution in [0.1, 0.15) is 64.7 Å². The molecule has 0 aliphatic rings. The lowest BCUT2D eigenvalue weighted by Gasteiger charge is -2.28. The number of hydrogen-bond donors (Lipinski definition) is 1. The fraction of sp³-hybridized carbons (Fsp3) is 0.882. The van der Waals surface area contributed by atoms with Gasteiger partial charge in [0.2, 0.25) is 0 Å². The maximum Gasteiger partial charge on any atom is 0.307 e. The summed E-state index contributed by atoms with van der Waals surface area (Å²) in [6, 6.07) is 0. The van der Waals surface area contributed by atoms with Gasteiger partial charge in [-0.05, 0) is 6.42 Å². The van der Waals surface area contributed by atoms with Crippen molar-refractivity contribution in [2.75, 3.05) is 27.7 Å². The molecule has 0 aliphatic heterocycles.